The largest absolute Gasteiger partial charge is 0.493 e. The van der Waals surface area contributed by atoms with Crippen molar-refractivity contribution in [2.45, 2.75) is 33.0 Å². The summed E-state index contributed by atoms with van der Waals surface area (Å²) in [6.45, 7) is 4.81. The van der Waals surface area contributed by atoms with Gasteiger partial charge >= 0.3 is 0 Å². The lowest BCUT2D eigenvalue weighted by atomic mass is 10.1. The molecule has 1 aliphatic rings. The number of benzene rings is 1. The number of amides is 2. The summed E-state index contributed by atoms with van der Waals surface area (Å²) >= 11 is 0. The number of fused-ring (bicyclic) bond motifs is 1. The van der Waals surface area contributed by atoms with Crippen molar-refractivity contribution in [2.24, 2.45) is 0 Å². The molecule has 2 amide bonds. The number of aromatic nitrogens is 3. The third-order valence-corrected chi connectivity index (χ3v) is 4.21. The molecule has 1 aromatic heterocycles. The number of hydrogen-bond donors (Lipinski definition) is 1. The molecular formula is C17H21N5O3. The zero-order valence-electron chi connectivity index (χ0n) is 14.5. The zero-order chi connectivity index (χ0) is 18.0. The van der Waals surface area contributed by atoms with Crippen LogP contribution in [0.15, 0.2) is 24.3 Å². The molecule has 1 aliphatic heterocycles. The van der Waals surface area contributed by atoms with Crippen LogP contribution in [0, 0.1) is 0 Å². The maximum atomic E-state index is 12.5. The first-order valence-electron chi connectivity index (χ1n) is 8.20. The molecule has 8 nitrogen and oxygen atoms in total. The number of nitrogens with zero attached hydrogens (tertiary/aromatic N) is 4. The monoisotopic (exact) mass is 343 g/mol. The number of para-hydroxylation sites is 1. The lowest BCUT2D eigenvalue weighted by Gasteiger charge is -2.28. The molecule has 0 aliphatic carbocycles. The van der Waals surface area contributed by atoms with Crippen LogP contribution in [0.25, 0.3) is 0 Å². The van der Waals surface area contributed by atoms with Gasteiger partial charge in [-0.2, -0.15) is 0 Å². The summed E-state index contributed by atoms with van der Waals surface area (Å²) in [5.74, 6) is 0.309. The molecule has 0 spiro atoms. The highest BCUT2D eigenvalue weighted by Crippen LogP contribution is 2.22. The van der Waals surface area contributed by atoms with Gasteiger partial charge in [0.2, 0.25) is 5.91 Å². The van der Waals surface area contributed by atoms with Gasteiger partial charge in [-0.25, -0.2) is 4.68 Å². The van der Waals surface area contributed by atoms with Crippen molar-refractivity contribution in [3.8, 4) is 5.75 Å². The summed E-state index contributed by atoms with van der Waals surface area (Å²) in [5.41, 5.74) is 1.98. The maximum absolute atomic E-state index is 12.5. The van der Waals surface area contributed by atoms with E-state index < -0.39 is 0 Å². The number of carbonyl (C=O) groups is 2. The minimum atomic E-state index is -0.385. The van der Waals surface area contributed by atoms with Crippen molar-refractivity contribution >= 4 is 11.8 Å². The zero-order valence-corrected chi connectivity index (χ0v) is 14.5. The van der Waals surface area contributed by atoms with Crippen LogP contribution in [-0.2, 0) is 17.9 Å². The molecule has 2 aromatic rings. The number of carbonyl (C=O) groups excluding carboxylic acids is 2. The Morgan fingerprint density at radius 1 is 1.40 bits per heavy atom. The van der Waals surface area contributed by atoms with Crippen LogP contribution >= 0.6 is 0 Å². The second-order valence-electron chi connectivity index (χ2n) is 5.91. The normalized spacial score (nSPS) is 16.5. The molecule has 0 saturated carbocycles. The van der Waals surface area contributed by atoms with Gasteiger partial charge in [-0.3, -0.25) is 9.59 Å². The van der Waals surface area contributed by atoms with Crippen LogP contribution in [-0.4, -0.2) is 45.4 Å². The van der Waals surface area contributed by atoms with Crippen molar-refractivity contribution in [1.82, 2.24) is 25.2 Å². The fourth-order valence-electron chi connectivity index (χ4n) is 2.88. The van der Waals surface area contributed by atoms with Crippen molar-refractivity contribution < 1.29 is 14.3 Å². The number of likely N-dealkylation sites (N-methyl/N-ethyl adjacent to an activating group) is 1. The number of ether oxygens (including phenoxy) is 1. The smallest absolute Gasteiger partial charge is 0.255 e. The van der Waals surface area contributed by atoms with E-state index in [1.54, 1.807) is 41.8 Å². The lowest BCUT2D eigenvalue weighted by Crippen LogP contribution is -2.39. The maximum Gasteiger partial charge on any atom is 0.255 e. The first-order chi connectivity index (χ1) is 12.0. The van der Waals surface area contributed by atoms with Gasteiger partial charge in [0, 0.05) is 7.05 Å². The van der Waals surface area contributed by atoms with Crippen LogP contribution in [0.4, 0.5) is 0 Å². The summed E-state index contributed by atoms with van der Waals surface area (Å²) in [5, 5.41) is 11.0. The van der Waals surface area contributed by atoms with Gasteiger partial charge in [-0.1, -0.05) is 17.3 Å². The number of nitrogens with one attached hydrogen (secondary N) is 1. The average Bonchev–Trinajstić information content (AvgIpc) is 3.01. The molecule has 2 heterocycles. The Bertz CT molecular complexity index is 801. The third-order valence-electron chi connectivity index (χ3n) is 4.21. The van der Waals surface area contributed by atoms with Gasteiger partial charge < -0.3 is 15.0 Å². The Kier molecular flexibility index (Phi) is 4.69. The van der Waals surface area contributed by atoms with E-state index in [9.17, 15) is 9.59 Å². The molecule has 1 aromatic carbocycles. The molecule has 1 unspecified atom stereocenters. The average molecular weight is 343 g/mol. The molecule has 25 heavy (non-hydrogen) atoms. The number of hydrogen-bond acceptors (Lipinski definition) is 5. The summed E-state index contributed by atoms with van der Waals surface area (Å²) in [6, 6.07) is 6.71. The Hall–Kier alpha value is -2.90. The Morgan fingerprint density at radius 3 is 2.92 bits per heavy atom. The molecule has 0 radical (unpaired) electrons. The van der Waals surface area contributed by atoms with E-state index in [-0.39, 0.29) is 24.4 Å². The predicted molar refractivity (Wildman–Crippen MR) is 90.0 cm³/mol. The number of rotatable bonds is 5. The Labute approximate surface area is 145 Å². The quantitative estimate of drug-likeness (QED) is 0.879. The van der Waals surface area contributed by atoms with Gasteiger partial charge in [-0.15, -0.1) is 5.10 Å². The van der Waals surface area contributed by atoms with E-state index in [1.807, 2.05) is 13.0 Å². The first-order valence-corrected chi connectivity index (χ1v) is 8.20. The molecular weight excluding hydrogens is 322 g/mol. The standard InChI is InChI=1S/C17H21N5O3/c1-4-25-15-8-6-5-7-12(15)16(23)18-9-13-14-10-21(3)17(24)11(2)22(14)20-19-13/h5-8,11H,4,9-10H2,1-3H3,(H,18,23). The molecule has 0 saturated heterocycles. The van der Waals surface area contributed by atoms with Crippen molar-refractivity contribution in [1.29, 1.82) is 0 Å². The van der Waals surface area contributed by atoms with E-state index in [4.69, 9.17) is 4.74 Å². The topological polar surface area (TPSA) is 89.3 Å². The highest BCUT2D eigenvalue weighted by atomic mass is 16.5. The summed E-state index contributed by atoms with van der Waals surface area (Å²) in [7, 11) is 1.75. The molecule has 3 rings (SSSR count). The summed E-state index contributed by atoms with van der Waals surface area (Å²) in [4.78, 5) is 26.1. The highest BCUT2D eigenvalue weighted by molar-refractivity contribution is 5.96. The highest BCUT2D eigenvalue weighted by Gasteiger charge is 2.31. The van der Waals surface area contributed by atoms with Gasteiger partial charge in [0.15, 0.2) is 0 Å². The van der Waals surface area contributed by atoms with E-state index in [2.05, 4.69) is 15.6 Å². The van der Waals surface area contributed by atoms with E-state index >= 15 is 0 Å². The van der Waals surface area contributed by atoms with Gasteiger partial charge in [-0.05, 0) is 26.0 Å². The van der Waals surface area contributed by atoms with Crippen molar-refractivity contribution in [3.05, 3.63) is 41.2 Å². The fourth-order valence-corrected chi connectivity index (χ4v) is 2.88. The fraction of sp³-hybridized carbons (Fsp3) is 0.412. The molecule has 132 valence electrons. The van der Waals surface area contributed by atoms with Gasteiger partial charge in [0.05, 0.1) is 31.0 Å². The molecule has 0 bridgehead atoms. The minimum absolute atomic E-state index is 0.00127. The van der Waals surface area contributed by atoms with Gasteiger partial charge in [0.25, 0.3) is 5.91 Å². The second kappa shape index (κ2) is 6.92. The van der Waals surface area contributed by atoms with Gasteiger partial charge in [0.1, 0.15) is 17.5 Å². The van der Waals surface area contributed by atoms with Crippen molar-refractivity contribution in [3.63, 3.8) is 0 Å². The van der Waals surface area contributed by atoms with Crippen LogP contribution in [0.1, 0.15) is 41.6 Å². The molecule has 1 N–H and O–H groups in total. The predicted octanol–water partition coefficient (Wildman–Crippen LogP) is 1.14. The minimum Gasteiger partial charge on any atom is -0.493 e. The van der Waals surface area contributed by atoms with E-state index in [1.165, 1.54) is 0 Å². The van der Waals surface area contributed by atoms with Crippen molar-refractivity contribution in [2.75, 3.05) is 13.7 Å². The lowest BCUT2D eigenvalue weighted by molar-refractivity contribution is -0.135. The van der Waals surface area contributed by atoms with Crippen LogP contribution in [0.2, 0.25) is 0 Å². The summed E-state index contributed by atoms with van der Waals surface area (Å²) < 4.78 is 7.11. The Balaban J connectivity index is 1.74. The molecule has 8 heteroatoms. The molecule has 0 fully saturated rings. The van der Waals surface area contributed by atoms with Crippen LogP contribution in [0.3, 0.4) is 0 Å². The summed E-state index contributed by atoms with van der Waals surface area (Å²) in [6.07, 6.45) is 0. The van der Waals surface area contributed by atoms with E-state index in [0.29, 0.717) is 30.2 Å². The molecule has 1 atom stereocenters. The van der Waals surface area contributed by atoms with Crippen LogP contribution in [0.5, 0.6) is 5.75 Å². The Morgan fingerprint density at radius 2 is 2.16 bits per heavy atom. The second-order valence-corrected chi connectivity index (χ2v) is 5.91. The first kappa shape index (κ1) is 16.9. The SMILES string of the molecule is CCOc1ccccc1C(=O)NCc1nnn2c1CN(C)C(=O)C2C. The van der Waals surface area contributed by atoms with E-state index in [0.717, 1.165) is 5.69 Å². The van der Waals surface area contributed by atoms with Crippen LogP contribution < -0.4 is 10.1 Å². The third kappa shape index (κ3) is 3.19.